The van der Waals surface area contributed by atoms with Gasteiger partial charge in [0.2, 0.25) is 0 Å². The first-order valence-electron chi connectivity index (χ1n) is 6.36. The molecule has 0 aliphatic rings. The van der Waals surface area contributed by atoms with E-state index >= 15 is 0 Å². The van der Waals surface area contributed by atoms with E-state index in [0.29, 0.717) is 5.92 Å². The van der Waals surface area contributed by atoms with Gasteiger partial charge in [-0.05, 0) is 24.8 Å². The van der Waals surface area contributed by atoms with Crippen LogP contribution in [0.5, 0.6) is 0 Å². The van der Waals surface area contributed by atoms with Crippen molar-refractivity contribution >= 4 is 16.6 Å². The van der Waals surface area contributed by atoms with Gasteiger partial charge in [0, 0.05) is 18.5 Å². The van der Waals surface area contributed by atoms with E-state index in [4.69, 9.17) is 5.11 Å². The fourth-order valence-corrected chi connectivity index (χ4v) is 1.91. The maximum absolute atomic E-state index is 8.95. The number of hydrogen-bond donors (Lipinski definition) is 2. The van der Waals surface area contributed by atoms with E-state index in [9.17, 15) is 0 Å². The zero-order valence-electron chi connectivity index (χ0n) is 10.6. The lowest BCUT2D eigenvalue weighted by atomic mass is 10.1. The summed E-state index contributed by atoms with van der Waals surface area (Å²) in [6.07, 6.45) is 3.83. The zero-order chi connectivity index (χ0) is 12.8. The van der Waals surface area contributed by atoms with E-state index < -0.39 is 0 Å². The largest absolute Gasteiger partial charge is 0.396 e. The van der Waals surface area contributed by atoms with Gasteiger partial charge in [-0.3, -0.25) is 0 Å². The molecule has 2 rings (SSSR count). The third kappa shape index (κ3) is 3.17. The first kappa shape index (κ1) is 12.8. The summed E-state index contributed by atoms with van der Waals surface area (Å²) < 4.78 is 0. The Bertz CT molecular complexity index is 496. The van der Waals surface area contributed by atoms with Gasteiger partial charge in [-0.15, -0.1) is 0 Å². The molecule has 0 spiro atoms. The Morgan fingerprint density at radius 3 is 3.00 bits per heavy atom. The minimum absolute atomic E-state index is 0.264. The van der Waals surface area contributed by atoms with Gasteiger partial charge in [-0.25, -0.2) is 0 Å². The van der Waals surface area contributed by atoms with Crippen molar-refractivity contribution in [3.05, 3.63) is 30.5 Å². The molecule has 0 aliphatic heterocycles. The first-order chi connectivity index (χ1) is 8.81. The Labute approximate surface area is 107 Å². The minimum Gasteiger partial charge on any atom is -0.396 e. The van der Waals surface area contributed by atoms with Crippen LogP contribution in [0.25, 0.3) is 10.9 Å². The number of hydrogen-bond acceptors (Lipinski definition) is 4. The molecule has 1 atom stereocenters. The normalized spacial score (nSPS) is 12.6. The summed E-state index contributed by atoms with van der Waals surface area (Å²) in [4.78, 5) is 0. The number of aromatic nitrogens is 2. The second-order valence-electron chi connectivity index (χ2n) is 4.63. The van der Waals surface area contributed by atoms with Crippen LogP contribution in [-0.4, -0.2) is 28.5 Å². The molecule has 18 heavy (non-hydrogen) atoms. The predicted octanol–water partition coefficient (Wildman–Crippen LogP) is 2.45. The maximum Gasteiger partial charge on any atom is 0.0950 e. The van der Waals surface area contributed by atoms with Crippen molar-refractivity contribution < 1.29 is 5.11 Å². The van der Waals surface area contributed by atoms with Crippen molar-refractivity contribution in [1.29, 1.82) is 0 Å². The predicted molar refractivity (Wildman–Crippen MR) is 73.5 cm³/mol. The van der Waals surface area contributed by atoms with Crippen LogP contribution < -0.4 is 5.32 Å². The fourth-order valence-electron chi connectivity index (χ4n) is 1.91. The van der Waals surface area contributed by atoms with Crippen LogP contribution in [0.4, 0.5) is 5.69 Å². The van der Waals surface area contributed by atoms with Crippen molar-refractivity contribution in [1.82, 2.24) is 10.2 Å². The number of aliphatic hydroxyl groups is 1. The van der Waals surface area contributed by atoms with Gasteiger partial charge in [0.25, 0.3) is 0 Å². The SMILES string of the molecule is CC(CO)CCCNc1cnnc2ccccc12. The topological polar surface area (TPSA) is 58.0 Å². The molecule has 0 fully saturated rings. The van der Waals surface area contributed by atoms with E-state index in [1.165, 1.54) is 0 Å². The second kappa shape index (κ2) is 6.31. The molecule has 96 valence electrons. The van der Waals surface area contributed by atoms with Crippen LogP contribution in [0, 0.1) is 5.92 Å². The molecule has 2 aromatic rings. The fraction of sp³-hybridized carbons (Fsp3) is 0.429. The lowest BCUT2D eigenvalue weighted by Crippen LogP contribution is -2.07. The second-order valence-corrected chi connectivity index (χ2v) is 4.63. The zero-order valence-corrected chi connectivity index (χ0v) is 10.6. The first-order valence-corrected chi connectivity index (χ1v) is 6.36. The van der Waals surface area contributed by atoms with Crippen LogP contribution in [0.1, 0.15) is 19.8 Å². The summed E-state index contributed by atoms with van der Waals surface area (Å²) in [5, 5.41) is 21.5. The average Bonchev–Trinajstić information content (AvgIpc) is 2.43. The van der Waals surface area contributed by atoms with Gasteiger partial charge >= 0.3 is 0 Å². The highest BCUT2D eigenvalue weighted by atomic mass is 16.3. The smallest absolute Gasteiger partial charge is 0.0950 e. The van der Waals surface area contributed by atoms with Crippen LogP contribution in [-0.2, 0) is 0 Å². The van der Waals surface area contributed by atoms with E-state index in [0.717, 1.165) is 36.0 Å². The van der Waals surface area contributed by atoms with Gasteiger partial charge in [-0.2, -0.15) is 10.2 Å². The molecule has 0 aliphatic carbocycles. The van der Waals surface area contributed by atoms with Gasteiger partial charge in [0.1, 0.15) is 0 Å². The van der Waals surface area contributed by atoms with Gasteiger partial charge in [-0.1, -0.05) is 25.1 Å². The summed E-state index contributed by atoms with van der Waals surface area (Å²) >= 11 is 0. The molecule has 1 heterocycles. The van der Waals surface area contributed by atoms with Crippen LogP contribution in [0.2, 0.25) is 0 Å². The summed E-state index contributed by atoms with van der Waals surface area (Å²) in [6.45, 7) is 3.21. The van der Waals surface area contributed by atoms with Crippen LogP contribution >= 0.6 is 0 Å². The average molecular weight is 245 g/mol. The third-order valence-corrected chi connectivity index (χ3v) is 3.05. The molecule has 4 nitrogen and oxygen atoms in total. The molecule has 0 radical (unpaired) electrons. The Balaban J connectivity index is 1.95. The lowest BCUT2D eigenvalue weighted by Gasteiger charge is -2.10. The van der Waals surface area contributed by atoms with E-state index in [2.05, 4.69) is 22.4 Å². The lowest BCUT2D eigenvalue weighted by molar-refractivity contribution is 0.229. The van der Waals surface area contributed by atoms with Crippen molar-refractivity contribution in [2.75, 3.05) is 18.5 Å². The number of nitrogens with one attached hydrogen (secondary N) is 1. The summed E-state index contributed by atoms with van der Waals surface area (Å²) in [5.74, 6) is 0.374. The monoisotopic (exact) mass is 245 g/mol. The van der Waals surface area contributed by atoms with Gasteiger partial charge in [0.05, 0.1) is 17.4 Å². The Morgan fingerprint density at radius 1 is 1.33 bits per heavy atom. The molecule has 1 aromatic carbocycles. The molecule has 0 saturated carbocycles. The highest BCUT2D eigenvalue weighted by Gasteiger charge is 2.02. The van der Waals surface area contributed by atoms with Gasteiger partial charge < -0.3 is 10.4 Å². The van der Waals surface area contributed by atoms with Gasteiger partial charge in [0.15, 0.2) is 0 Å². The molecule has 2 N–H and O–H groups in total. The number of anilines is 1. The molecular formula is C14H19N3O. The standard InChI is InChI=1S/C14H19N3O/c1-11(10-18)5-4-8-15-14-9-16-17-13-7-3-2-6-12(13)14/h2-3,6-7,9,11,18H,4-5,8,10H2,1H3,(H,15,17). The minimum atomic E-state index is 0.264. The molecule has 1 aromatic heterocycles. The number of benzene rings is 1. The summed E-state index contributed by atoms with van der Waals surface area (Å²) in [5.41, 5.74) is 1.93. The molecular weight excluding hydrogens is 226 g/mol. The van der Waals surface area contributed by atoms with E-state index in [1.54, 1.807) is 6.20 Å². The third-order valence-electron chi connectivity index (χ3n) is 3.05. The Hall–Kier alpha value is -1.68. The maximum atomic E-state index is 8.95. The summed E-state index contributed by atoms with van der Waals surface area (Å²) in [6, 6.07) is 7.97. The highest BCUT2D eigenvalue weighted by molar-refractivity contribution is 5.90. The van der Waals surface area contributed by atoms with Crippen molar-refractivity contribution in [2.24, 2.45) is 5.92 Å². The highest BCUT2D eigenvalue weighted by Crippen LogP contribution is 2.19. The quantitative estimate of drug-likeness (QED) is 0.767. The number of nitrogens with zero attached hydrogens (tertiary/aromatic N) is 2. The Kier molecular flexibility index (Phi) is 4.47. The Morgan fingerprint density at radius 2 is 2.17 bits per heavy atom. The molecule has 0 bridgehead atoms. The molecule has 0 saturated heterocycles. The van der Waals surface area contributed by atoms with E-state index in [-0.39, 0.29) is 6.61 Å². The van der Waals surface area contributed by atoms with Crippen molar-refractivity contribution in [3.8, 4) is 0 Å². The van der Waals surface area contributed by atoms with Crippen LogP contribution in [0.15, 0.2) is 30.5 Å². The van der Waals surface area contributed by atoms with Crippen LogP contribution in [0.3, 0.4) is 0 Å². The number of rotatable bonds is 6. The van der Waals surface area contributed by atoms with Crippen molar-refractivity contribution in [3.63, 3.8) is 0 Å². The summed E-state index contributed by atoms with van der Waals surface area (Å²) in [7, 11) is 0. The van der Waals surface area contributed by atoms with Crippen molar-refractivity contribution in [2.45, 2.75) is 19.8 Å². The molecule has 0 amide bonds. The van der Waals surface area contributed by atoms with E-state index in [1.807, 2.05) is 24.3 Å². The molecule has 4 heteroatoms. The molecule has 1 unspecified atom stereocenters. The number of fused-ring (bicyclic) bond motifs is 1. The number of aliphatic hydroxyl groups excluding tert-OH is 1.